The number of benzene rings is 1. The van der Waals surface area contributed by atoms with Crippen LogP contribution in [0.3, 0.4) is 0 Å². The normalized spacial score (nSPS) is 26.2. The van der Waals surface area contributed by atoms with E-state index < -0.39 is 35.6 Å². The molecule has 6 fully saturated rings. The van der Waals surface area contributed by atoms with Gasteiger partial charge >= 0.3 is 5.97 Å². The van der Waals surface area contributed by atoms with Crippen molar-refractivity contribution in [3.63, 3.8) is 0 Å². The highest BCUT2D eigenvalue weighted by molar-refractivity contribution is 6.23. The van der Waals surface area contributed by atoms with Crippen LogP contribution in [0.4, 0.5) is 23.1 Å². The summed E-state index contributed by atoms with van der Waals surface area (Å²) in [5, 5.41) is 13.0. The topological polar surface area (TPSA) is 228 Å². The standard InChI is InChI=1S/C52H69N13O8/c1-3-73-51(72)42-29-54-52(56-37-28-55-59(2)32-37)58-45(42)53-27-33-4-10-38(11-5-33)61-22-24-63(25-23-61)48(69)36-8-6-35(7-9-36)47(68)62-20-18-60(19-21-62)30-34-16-17-64(31-34)39-12-13-40-41(26-39)50(71)65(49(40)70)43-14-15-44(66)57-46(43)67/h12-13,26,28-29,32-36,38,43H,3-11,14-25,27,30-31H2,1-2H3,(H,57,66,67)(H2,53,54,56,58)/t33?,34-,35?,36?,38?,43?/m0/s1. The number of hydrogen-bond donors (Lipinski definition) is 3. The first-order valence-electron chi connectivity index (χ1n) is 26.6. The number of esters is 1. The van der Waals surface area contributed by atoms with E-state index in [-0.39, 0.29) is 48.7 Å². The van der Waals surface area contributed by atoms with E-state index in [0.29, 0.717) is 60.4 Å². The number of nitrogens with zero attached hydrogens (tertiary/aromatic N) is 10. The van der Waals surface area contributed by atoms with E-state index in [0.717, 1.165) is 133 Å². The number of hydrogen-bond acceptors (Lipinski definition) is 16. The fourth-order valence-electron chi connectivity index (χ4n) is 12.3. The van der Waals surface area contributed by atoms with E-state index in [2.05, 4.69) is 50.6 Å². The zero-order valence-electron chi connectivity index (χ0n) is 42.1. The Labute approximate surface area is 425 Å². The fraction of sp³-hybridized carbons (Fsp3) is 0.615. The van der Waals surface area contributed by atoms with Gasteiger partial charge in [0, 0.05) is 128 Å². The van der Waals surface area contributed by atoms with Crippen LogP contribution in [0, 0.1) is 23.7 Å². The van der Waals surface area contributed by atoms with Gasteiger partial charge in [-0.05, 0) is 101 Å². The minimum atomic E-state index is -0.987. The van der Waals surface area contributed by atoms with Crippen LogP contribution in [-0.2, 0) is 31.0 Å². The lowest BCUT2D eigenvalue weighted by atomic mass is 9.80. The Morgan fingerprint density at radius 3 is 2.11 bits per heavy atom. The molecule has 390 valence electrons. The van der Waals surface area contributed by atoms with Crippen molar-refractivity contribution >= 4 is 64.6 Å². The minimum Gasteiger partial charge on any atom is -0.462 e. The molecule has 2 saturated carbocycles. The van der Waals surface area contributed by atoms with Crippen molar-refractivity contribution < 1.29 is 38.3 Å². The predicted molar refractivity (Wildman–Crippen MR) is 269 cm³/mol. The first-order valence-corrected chi connectivity index (χ1v) is 26.6. The summed E-state index contributed by atoms with van der Waals surface area (Å²) in [5.74, 6) is -0.367. The molecule has 7 aliphatic rings. The molecule has 4 saturated heterocycles. The maximum atomic E-state index is 13.8. The number of imide groups is 2. The molecule has 21 heteroatoms. The highest BCUT2D eigenvalue weighted by Crippen LogP contribution is 2.35. The molecule has 0 spiro atoms. The Morgan fingerprint density at radius 1 is 0.767 bits per heavy atom. The van der Waals surface area contributed by atoms with Gasteiger partial charge in [-0.1, -0.05) is 0 Å². The highest BCUT2D eigenvalue weighted by atomic mass is 16.5. The molecule has 1 aromatic carbocycles. The van der Waals surface area contributed by atoms with Gasteiger partial charge in [-0.15, -0.1) is 0 Å². The maximum Gasteiger partial charge on any atom is 0.343 e. The molecule has 6 amide bonds. The van der Waals surface area contributed by atoms with Crippen LogP contribution in [0.5, 0.6) is 0 Å². The average molecular weight is 1000 g/mol. The number of anilines is 4. The summed E-state index contributed by atoms with van der Waals surface area (Å²) < 4.78 is 6.97. The van der Waals surface area contributed by atoms with Crippen molar-refractivity contribution in [3.8, 4) is 0 Å². The van der Waals surface area contributed by atoms with E-state index in [1.165, 1.54) is 6.20 Å². The van der Waals surface area contributed by atoms with Gasteiger partial charge in [0.15, 0.2) is 0 Å². The number of amides is 6. The van der Waals surface area contributed by atoms with Crippen molar-refractivity contribution in [3.05, 3.63) is 53.5 Å². The smallest absolute Gasteiger partial charge is 0.343 e. The molecular weight excluding hydrogens is 935 g/mol. The molecule has 1 unspecified atom stereocenters. The second-order valence-electron chi connectivity index (χ2n) is 21.1. The second kappa shape index (κ2) is 21.9. The zero-order valence-corrected chi connectivity index (χ0v) is 42.1. The lowest BCUT2D eigenvalue weighted by Crippen LogP contribution is -2.54. The molecule has 0 bridgehead atoms. The third kappa shape index (κ3) is 11.1. The monoisotopic (exact) mass is 1000 g/mol. The number of ether oxygens (including phenoxy) is 1. The summed E-state index contributed by atoms with van der Waals surface area (Å²) in [7, 11) is 1.83. The van der Waals surface area contributed by atoms with Crippen LogP contribution in [0.1, 0.15) is 109 Å². The van der Waals surface area contributed by atoms with E-state index >= 15 is 0 Å². The molecule has 2 aliphatic carbocycles. The van der Waals surface area contributed by atoms with Crippen LogP contribution in [0.2, 0.25) is 0 Å². The SMILES string of the molecule is CCOC(=O)c1cnc(Nc2cnn(C)c2)nc1NCC1CCC(N2CCN(C(=O)C3CCC(C(=O)N4CCN(C[C@@H]5CCN(c6ccc7c(c6)C(=O)N(C6CCC(=O)NC6=O)C7=O)C5)CC4)CC3)CC2)CC1. The van der Waals surface area contributed by atoms with Gasteiger partial charge in [-0.25, -0.2) is 9.78 Å². The van der Waals surface area contributed by atoms with E-state index in [1.807, 2.05) is 24.2 Å². The van der Waals surface area contributed by atoms with Gasteiger partial charge in [-0.3, -0.25) is 53.5 Å². The molecule has 3 aromatic rings. The fourth-order valence-corrected chi connectivity index (χ4v) is 12.3. The number of piperazine rings is 2. The van der Waals surface area contributed by atoms with E-state index in [4.69, 9.17) is 4.74 Å². The molecule has 73 heavy (non-hydrogen) atoms. The number of rotatable bonds is 14. The quantitative estimate of drug-likeness (QED) is 0.156. The Kier molecular flexibility index (Phi) is 15.0. The van der Waals surface area contributed by atoms with Crippen LogP contribution >= 0.6 is 0 Å². The van der Waals surface area contributed by atoms with Crippen LogP contribution in [-0.4, -0.2) is 183 Å². The lowest BCUT2D eigenvalue weighted by Gasteiger charge is -2.43. The van der Waals surface area contributed by atoms with Gasteiger partial charge in [0.1, 0.15) is 17.4 Å². The van der Waals surface area contributed by atoms with Gasteiger partial charge in [0.2, 0.25) is 29.6 Å². The summed E-state index contributed by atoms with van der Waals surface area (Å²) in [6.45, 7) is 11.6. The molecule has 2 atom stereocenters. The van der Waals surface area contributed by atoms with Gasteiger partial charge in [-0.2, -0.15) is 10.1 Å². The minimum absolute atomic E-state index is 0.0184. The number of carbonyl (C=O) groups excluding carboxylic acids is 7. The summed E-state index contributed by atoms with van der Waals surface area (Å²) in [4.78, 5) is 112. The van der Waals surface area contributed by atoms with Crippen molar-refractivity contribution in [2.45, 2.75) is 89.6 Å². The Balaban J connectivity index is 0.613. The Morgan fingerprint density at radius 2 is 1.45 bits per heavy atom. The first-order chi connectivity index (χ1) is 35.4. The zero-order chi connectivity index (χ0) is 50.8. The number of fused-ring (bicyclic) bond motifs is 1. The Hall–Kier alpha value is -6.48. The number of aromatic nitrogens is 4. The lowest BCUT2D eigenvalue weighted by molar-refractivity contribution is -0.143. The average Bonchev–Trinajstić information content (AvgIpc) is 4.12. The summed E-state index contributed by atoms with van der Waals surface area (Å²) >= 11 is 0. The van der Waals surface area contributed by atoms with Crippen LogP contribution in [0.15, 0.2) is 36.8 Å². The van der Waals surface area contributed by atoms with E-state index in [1.54, 1.807) is 29.9 Å². The van der Waals surface area contributed by atoms with Crippen molar-refractivity contribution in [1.29, 1.82) is 0 Å². The maximum absolute atomic E-state index is 13.8. The van der Waals surface area contributed by atoms with Gasteiger partial charge in [0.25, 0.3) is 11.8 Å². The molecule has 7 heterocycles. The number of carbonyl (C=O) groups is 7. The molecule has 10 rings (SSSR count). The highest BCUT2D eigenvalue weighted by Gasteiger charge is 2.45. The van der Waals surface area contributed by atoms with Crippen LogP contribution in [0.25, 0.3) is 0 Å². The predicted octanol–water partition coefficient (Wildman–Crippen LogP) is 3.12. The third-order valence-corrected chi connectivity index (χ3v) is 16.5. The Bertz CT molecular complexity index is 2570. The number of piperidine rings is 1. The van der Waals surface area contributed by atoms with Crippen LogP contribution < -0.4 is 20.9 Å². The molecule has 2 aromatic heterocycles. The third-order valence-electron chi connectivity index (χ3n) is 16.5. The number of nitrogens with one attached hydrogen (secondary N) is 3. The van der Waals surface area contributed by atoms with E-state index in [9.17, 15) is 33.6 Å². The largest absolute Gasteiger partial charge is 0.462 e. The molecule has 3 N–H and O–H groups in total. The van der Waals surface area contributed by atoms with Gasteiger partial charge in [0.05, 0.1) is 29.6 Å². The molecule has 5 aliphatic heterocycles. The van der Waals surface area contributed by atoms with Crippen molar-refractivity contribution in [2.24, 2.45) is 30.7 Å². The molecule has 21 nitrogen and oxygen atoms in total. The second-order valence-corrected chi connectivity index (χ2v) is 21.1. The van der Waals surface area contributed by atoms with Crippen molar-refractivity contribution in [1.82, 2.24) is 49.6 Å². The number of aryl methyl sites for hydroxylation is 1. The first kappa shape index (κ1) is 50.1. The molecule has 0 radical (unpaired) electrons. The summed E-state index contributed by atoms with van der Waals surface area (Å²) in [6, 6.07) is 4.82. The summed E-state index contributed by atoms with van der Waals surface area (Å²) in [5.41, 5.74) is 2.50. The van der Waals surface area contributed by atoms with Crippen molar-refractivity contribution in [2.75, 3.05) is 101 Å². The molecular formula is C52H69N13O8. The van der Waals surface area contributed by atoms with Gasteiger partial charge < -0.3 is 30.1 Å². The summed E-state index contributed by atoms with van der Waals surface area (Å²) in [6.07, 6.45) is 13.5.